The molecule has 0 radical (unpaired) electrons. The predicted octanol–water partition coefficient (Wildman–Crippen LogP) is 13.4. The number of hydrogen-bond acceptors (Lipinski definition) is 5. The maximum atomic E-state index is 5.18. The molecule has 3 heterocycles. The molecule has 4 nitrogen and oxygen atoms in total. The molecule has 0 saturated heterocycles. The molecular weight excluding hydrogens is 689 g/mol. The first-order chi connectivity index (χ1) is 27.2. The second-order valence-electron chi connectivity index (χ2n) is 13.8. The van der Waals surface area contributed by atoms with E-state index < -0.39 is 0 Å². The van der Waals surface area contributed by atoms with Gasteiger partial charge in [0.15, 0.2) is 17.5 Å². The molecule has 11 rings (SSSR count). The SMILES string of the molecule is c1ccc(-c2ccccc2-c2nc(-c3ccc(-c4cc5c6ccccc6ccc5c5cccnc45)cc3)nc(-c3ccc4c(c3)sc3ccccc34)n2)cc1. The summed E-state index contributed by atoms with van der Waals surface area (Å²) in [6.07, 6.45) is 1.88. The number of benzene rings is 8. The molecule has 0 aliphatic carbocycles. The summed E-state index contributed by atoms with van der Waals surface area (Å²) in [6.45, 7) is 0. The van der Waals surface area contributed by atoms with Crippen LogP contribution >= 0.6 is 11.3 Å². The summed E-state index contributed by atoms with van der Waals surface area (Å²) in [6, 6.07) is 62.0. The molecule has 3 aromatic heterocycles. The van der Waals surface area contributed by atoms with Gasteiger partial charge in [-0.1, -0.05) is 152 Å². The highest BCUT2D eigenvalue weighted by Crippen LogP contribution is 2.39. The third-order valence-electron chi connectivity index (χ3n) is 10.6. The van der Waals surface area contributed by atoms with Crippen LogP contribution < -0.4 is 0 Å². The van der Waals surface area contributed by atoms with E-state index >= 15 is 0 Å². The van der Waals surface area contributed by atoms with Crippen LogP contribution in [0, 0.1) is 0 Å². The van der Waals surface area contributed by atoms with E-state index in [0.717, 1.165) is 49.8 Å². The monoisotopic (exact) mass is 718 g/mol. The number of aromatic nitrogens is 4. The van der Waals surface area contributed by atoms with E-state index in [1.54, 1.807) is 11.3 Å². The number of pyridine rings is 1. The number of hydrogen-bond donors (Lipinski definition) is 0. The van der Waals surface area contributed by atoms with Crippen LogP contribution in [0.1, 0.15) is 0 Å². The van der Waals surface area contributed by atoms with E-state index in [1.165, 1.54) is 41.7 Å². The van der Waals surface area contributed by atoms with Crippen LogP contribution in [-0.2, 0) is 0 Å². The smallest absolute Gasteiger partial charge is 0.164 e. The van der Waals surface area contributed by atoms with Crippen molar-refractivity contribution in [1.29, 1.82) is 0 Å². The Labute approximate surface area is 321 Å². The van der Waals surface area contributed by atoms with Crippen molar-refractivity contribution in [2.45, 2.75) is 0 Å². The van der Waals surface area contributed by atoms with E-state index in [2.05, 4.69) is 158 Å². The molecule has 0 fully saturated rings. The van der Waals surface area contributed by atoms with Crippen molar-refractivity contribution in [2.24, 2.45) is 0 Å². The summed E-state index contributed by atoms with van der Waals surface area (Å²) in [5.74, 6) is 1.90. The molecule has 0 aliphatic heterocycles. The Bertz CT molecular complexity index is 3260. The van der Waals surface area contributed by atoms with E-state index in [0.29, 0.717) is 17.5 Å². The summed E-state index contributed by atoms with van der Waals surface area (Å²) in [7, 11) is 0. The lowest BCUT2D eigenvalue weighted by molar-refractivity contribution is 1.07. The second kappa shape index (κ2) is 12.8. The van der Waals surface area contributed by atoms with Crippen molar-refractivity contribution in [3.8, 4) is 56.4 Å². The van der Waals surface area contributed by atoms with Crippen molar-refractivity contribution in [1.82, 2.24) is 19.9 Å². The van der Waals surface area contributed by atoms with Gasteiger partial charge >= 0.3 is 0 Å². The Balaban J connectivity index is 1.08. The lowest BCUT2D eigenvalue weighted by Gasteiger charge is -2.13. The van der Waals surface area contributed by atoms with Gasteiger partial charge in [-0.25, -0.2) is 15.0 Å². The van der Waals surface area contributed by atoms with E-state index in [1.807, 2.05) is 24.4 Å². The molecule has 0 unspecified atom stereocenters. The highest BCUT2D eigenvalue weighted by atomic mass is 32.1. The average Bonchev–Trinajstić information content (AvgIpc) is 3.64. The van der Waals surface area contributed by atoms with Crippen LogP contribution in [0.15, 0.2) is 182 Å². The molecule has 5 heteroatoms. The molecule has 256 valence electrons. The van der Waals surface area contributed by atoms with Crippen LogP contribution in [0.25, 0.3) is 109 Å². The number of rotatable bonds is 5. The molecule has 0 bridgehead atoms. The zero-order valence-electron chi connectivity index (χ0n) is 29.5. The third-order valence-corrected chi connectivity index (χ3v) is 11.7. The van der Waals surface area contributed by atoms with Crippen LogP contribution in [0.2, 0.25) is 0 Å². The Morgan fingerprint density at radius 1 is 0.327 bits per heavy atom. The lowest BCUT2D eigenvalue weighted by atomic mass is 9.93. The first-order valence-electron chi connectivity index (χ1n) is 18.4. The number of thiophene rings is 1. The van der Waals surface area contributed by atoms with Gasteiger partial charge in [0.2, 0.25) is 0 Å². The van der Waals surface area contributed by atoms with Crippen molar-refractivity contribution in [3.05, 3.63) is 182 Å². The minimum atomic E-state index is 0.623. The van der Waals surface area contributed by atoms with Crippen LogP contribution in [0.3, 0.4) is 0 Å². The molecule has 0 spiro atoms. The normalized spacial score (nSPS) is 11.6. The van der Waals surface area contributed by atoms with Gasteiger partial charge < -0.3 is 0 Å². The van der Waals surface area contributed by atoms with Crippen molar-refractivity contribution < 1.29 is 0 Å². The zero-order chi connectivity index (χ0) is 36.3. The Morgan fingerprint density at radius 3 is 1.82 bits per heavy atom. The summed E-state index contributed by atoms with van der Waals surface area (Å²) >= 11 is 1.80. The van der Waals surface area contributed by atoms with Gasteiger partial charge in [0, 0.05) is 54.0 Å². The molecule has 11 aromatic rings. The molecule has 0 atom stereocenters. The molecule has 0 amide bonds. The molecule has 0 saturated carbocycles. The summed E-state index contributed by atoms with van der Waals surface area (Å²) < 4.78 is 2.48. The van der Waals surface area contributed by atoms with Crippen molar-refractivity contribution >= 4 is 64.0 Å². The van der Waals surface area contributed by atoms with Gasteiger partial charge in [-0.15, -0.1) is 11.3 Å². The predicted molar refractivity (Wildman–Crippen MR) is 230 cm³/mol. The largest absolute Gasteiger partial charge is 0.256 e. The lowest BCUT2D eigenvalue weighted by Crippen LogP contribution is -2.01. The van der Waals surface area contributed by atoms with Gasteiger partial charge in [0.25, 0.3) is 0 Å². The van der Waals surface area contributed by atoms with Crippen molar-refractivity contribution in [2.75, 3.05) is 0 Å². The maximum absolute atomic E-state index is 5.18. The molecule has 0 N–H and O–H groups in total. The highest BCUT2D eigenvalue weighted by molar-refractivity contribution is 7.25. The minimum Gasteiger partial charge on any atom is -0.256 e. The third kappa shape index (κ3) is 5.36. The quantitative estimate of drug-likeness (QED) is 0.166. The molecule has 55 heavy (non-hydrogen) atoms. The Kier molecular flexibility index (Phi) is 7.32. The van der Waals surface area contributed by atoms with Crippen molar-refractivity contribution in [3.63, 3.8) is 0 Å². The number of fused-ring (bicyclic) bond motifs is 8. The van der Waals surface area contributed by atoms with Gasteiger partial charge in [0.1, 0.15) is 0 Å². The van der Waals surface area contributed by atoms with Gasteiger partial charge in [-0.2, -0.15) is 0 Å². The van der Waals surface area contributed by atoms with Gasteiger partial charge in [0.05, 0.1) is 5.52 Å². The summed E-state index contributed by atoms with van der Waals surface area (Å²) in [5, 5.41) is 8.54. The van der Waals surface area contributed by atoms with E-state index in [4.69, 9.17) is 19.9 Å². The maximum Gasteiger partial charge on any atom is 0.164 e. The Hall–Kier alpha value is -7.08. The average molecular weight is 719 g/mol. The first-order valence-corrected chi connectivity index (χ1v) is 19.2. The summed E-state index contributed by atoms with van der Waals surface area (Å²) in [4.78, 5) is 20.4. The highest BCUT2D eigenvalue weighted by Gasteiger charge is 2.18. The fourth-order valence-electron chi connectivity index (χ4n) is 7.92. The molecule has 8 aromatic carbocycles. The van der Waals surface area contributed by atoms with Crippen LogP contribution in [-0.4, -0.2) is 19.9 Å². The summed E-state index contributed by atoms with van der Waals surface area (Å²) in [5.41, 5.74) is 8.18. The van der Waals surface area contributed by atoms with E-state index in [-0.39, 0.29) is 0 Å². The van der Waals surface area contributed by atoms with Crippen LogP contribution in [0.5, 0.6) is 0 Å². The minimum absolute atomic E-state index is 0.623. The zero-order valence-corrected chi connectivity index (χ0v) is 30.3. The fraction of sp³-hybridized carbons (Fsp3) is 0. The van der Waals surface area contributed by atoms with E-state index in [9.17, 15) is 0 Å². The van der Waals surface area contributed by atoms with Gasteiger partial charge in [-0.05, 0) is 62.5 Å². The topological polar surface area (TPSA) is 51.6 Å². The van der Waals surface area contributed by atoms with Crippen LogP contribution in [0.4, 0.5) is 0 Å². The Morgan fingerprint density at radius 2 is 0.945 bits per heavy atom. The molecule has 0 aliphatic rings. The first kappa shape index (κ1) is 31.4. The second-order valence-corrected chi connectivity index (χ2v) is 14.9. The van der Waals surface area contributed by atoms with Gasteiger partial charge in [-0.3, -0.25) is 4.98 Å². The fourth-order valence-corrected chi connectivity index (χ4v) is 9.07. The number of nitrogens with zero attached hydrogens (tertiary/aromatic N) is 4. The standard InChI is InChI=1S/C50H30N4S/c1-2-11-31(12-3-1)36-14-6-7-17-42(36)50-53-48(52-49(54-50)35-25-27-40-39-16-8-9-19-45(39)55-46(40)29-35)34-22-20-33(21-23-34)43-30-44-37-15-5-4-13-32(37)24-26-38(44)41-18-10-28-51-47(41)43/h1-30H. The molecular formula is C50H30N4S.